The van der Waals surface area contributed by atoms with Gasteiger partial charge in [-0.05, 0) is 54.5 Å². The molecular weight excluding hydrogens is 318 g/mol. The maximum atomic E-state index is 12.5. The number of benzene rings is 1. The van der Waals surface area contributed by atoms with Crippen LogP contribution in [0.4, 0.5) is 0 Å². The molecular formula is C18H19N5O2. The van der Waals surface area contributed by atoms with Gasteiger partial charge in [-0.1, -0.05) is 18.2 Å². The number of aromatic amines is 1. The fourth-order valence-corrected chi connectivity index (χ4v) is 2.91. The summed E-state index contributed by atoms with van der Waals surface area (Å²) in [6.45, 7) is 4.31. The Morgan fingerprint density at radius 2 is 2.16 bits per heavy atom. The zero-order valence-electron chi connectivity index (χ0n) is 14.2. The van der Waals surface area contributed by atoms with Crippen molar-refractivity contribution >= 4 is 5.91 Å². The predicted octanol–water partition coefficient (Wildman–Crippen LogP) is 2.88. The number of amides is 1. The van der Waals surface area contributed by atoms with Crippen LogP contribution in [0.3, 0.4) is 0 Å². The topological polar surface area (TPSA) is 96.7 Å². The molecule has 1 saturated carbocycles. The van der Waals surface area contributed by atoms with Crippen LogP contribution in [0.15, 0.2) is 28.7 Å². The van der Waals surface area contributed by atoms with E-state index >= 15 is 0 Å². The second-order valence-electron chi connectivity index (χ2n) is 6.46. The largest absolute Gasteiger partial charge is 0.457 e. The third kappa shape index (κ3) is 3.17. The molecule has 128 valence electrons. The summed E-state index contributed by atoms with van der Waals surface area (Å²) in [7, 11) is 0. The molecule has 0 bridgehead atoms. The Hall–Kier alpha value is -2.96. The first-order valence-corrected chi connectivity index (χ1v) is 8.33. The van der Waals surface area contributed by atoms with E-state index in [4.69, 9.17) is 4.42 Å². The van der Waals surface area contributed by atoms with E-state index in [1.807, 2.05) is 0 Å². The average molecular weight is 337 g/mol. The van der Waals surface area contributed by atoms with Gasteiger partial charge in [0.1, 0.15) is 5.76 Å². The monoisotopic (exact) mass is 337 g/mol. The quantitative estimate of drug-likeness (QED) is 0.746. The molecule has 0 atom stereocenters. The Labute approximate surface area is 144 Å². The zero-order chi connectivity index (χ0) is 17.4. The second-order valence-corrected chi connectivity index (χ2v) is 6.46. The number of hydrogen-bond acceptors (Lipinski definition) is 5. The molecule has 2 N–H and O–H groups in total. The first-order valence-electron chi connectivity index (χ1n) is 8.33. The van der Waals surface area contributed by atoms with Crippen LogP contribution in [0.1, 0.15) is 51.6 Å². The molecule has 25 heavy (non-hydrogen) atoms. The maximum absolute atomic E-state index is 12.5. The van der Waals surface area contributed by atoms with Crippen molar-refractivity contribution in [2.45, 2.75) is 39.2 Å². The minimum absolute atomic E-state index is 0.174. The van der Waals surface area contributed by atoms with Crippen LogP contribution in [0.25, 0.3) is 11.6 Å². The van der Waals surface area contributed by atoms with Crippen molar-refractivity contribution < 1.29 is 9.21 Å². The standard InChI is InChI=1S/C18H19N5O2/c1-10-3-4-13(12-5-6-12)7-14(10)9-19-18(24)15-8-16(25-11(15)2)17-20-22-23-21-17/h3-4,7-8,12H,5-6,9H2,1-2H3,(H,19,24)(H,20,21,22,23). The molecule has 0 spiro atoms. The highest BCUT2D eigenvalue weighted by Gasteiger charge is 2.24. The van der Waals surface area contributed by atoms with Crippen molar-refractivity contribution in [1.82, 2.24) is 25.9 Å². The Morgan fingerprint density at radius 1 is 1.32 bits per heavy atom. The number of rotatable bonds is 5. The lowest BCUT2D eigenvalue weighted by Gasteiger charge is -2.10. The van der Waals surface area contributed by atoms with Crippen LogP contribution in [0.5, 0.6) is 0 Å². The second kappa shape index (κ2) is 6.16. The number of hydrogen-bond donors (Lipinski definition) is 2. The van der Waals surface area contributed by atoms with Crippen molar-refractivity contribution in [3.63, 3.8) is 0 Å². The number of H-pyrrole nitrogens is 1. The van der Waals surface area contributed by atoms with E-state index in [1.54, 1.807) is 13.0 Å². The number of nitrogens with one attached hydrogen (secondary N) is 2. The summed E-state index contributed by atoms with van der Waals surface area (Å²) >= 11 is 0. The van der Waals surface area contributed by atoms with Gasteiger partial charge >= 0.3 is 0 Å². The number of nitrogens with zero attached hydrogens (tertiary/aromatic N) is 3. The SMILES string of the molecule is Cc1ccc(C2CC2)cc1CNC(=O)c1cc(-c2nn[nH]n2)oc1C. The molecule has 1 aliphatic rings. The third-order valence-electron chi connectivity index (χ3n) is 4.59. The van der Waals surface area contributed by atoms with Gasteiger partial charge < -0.3 is 9.73 Å². The van der Waals surface area contributed by atoms with Gasteiger partial charge in [-0.15, -0.1) is 10.2 Å². The van der Waals surface area contributed by atoms with E-state index in [2.05, 4.69) is 51.1 Å². The van der Waals surface area contributed by atoms with E-state index in [0.29, 0.717) is 35.4 Å². The van der Waals surface area contributed by atoms with E-state index in [9.17, 15) is 4.79 Å². The Balaban J connectivity index is 1.48. The summed E-state index contributed by atoms with van der Waals surface area (Å²) in [6, 6.07) is 8.17. The molecule has 0 unspecified atom stereocenters. The Kier molecular flexibility index (Phi) is 3.83. The van der Waals surface area contributed by atoms with Gasteiger partial charge in [-0.25, -0.2) is 0 Å². The van der Waals surface area contributed by atoms with Gasteiger partial charge in [-0.3, -0.25) is 4.79 Å². The minimum Gasteiger partial charge on any atom is -0.457 e. The molecule has 0 saturated heterocycles. The van der Waals surface area contributed by atoms with Crippen LogP contribution < -0.4 is 5.32 Å². The van der Waals surface area contributed by atoms with Gasteiger partial charge in [0.2, 0.25) is 5.82 Å². The molecule has 1 amide bonds. The van der Waals surface area contributed by atoms with Gasteiger partial charge in [0.25, 0.3) is 5.91 Å². The summed E-state index contributed by atoms with van der Waals surface area (Å²) in [4.78, 5) is 12.5. The molecule has 3 aromatic rings. The lowest BCUT2D eigenvalue weighted by Crippen LogP contribution is -2.23. The molecule has 7 heteroatoms. The number of aryl methyl sites for hydroxylation is 2. The predicted molar refractivity (Wildman–Crippen MR) is 90.9 cm³/mol. The Morgan fingerprint density at radius 3 is 2.88 bits per heavy atom. The molecule has 1 fully saturated rings. The van der Waals surface area contributed by atoms with Crippen LogP contribution in [0, 0.1) is 13.8 Å². The van der Waals surface area contributed by atoms with Crippen molar-refractivity contribution in [2.24, 2.45) is 0 Å². The summed E-state index contributed by atoms with van der Waals surface area (Å²) in [5, 5.41) is 16.6. The van der Waals surface area contributed by atoms with Crippen molar-refractivity contribution in [2.75, 3.05) is 0 Å². The first-order chi connectivity index (χ1) is 12.1. The average Bonchev–Trinajstić information content (AvgIpc) is 3.16. The van der Waals surface area contributed by atoms with Gasteiger partial charge in [0, 0.05) is 12.6 Å². The van der Waals surface area contributed by atoms with Crippen LogP contribution in [-0.4, -0.2) is 26.5 Å². The lowest BCUT2D eigenvalue weighted by molar-refractivity contribution is 0.0949. The summed E-state index contributed by atoms with van der Waals surface area (Å²) in [5.41, 5.74) is 4.18. The van der Waals surface area contributed by atoms with Gasteiger partial charge in [0.05, 0.1) is 5.56 Å². The summed E-state index contributed by atoms with van der Waals surface area (Å²) in [5.74, 6) is 1.80. The van der Waals surface area contributed by atoms with Crippen molar-refractivity contribution in [3.05, 3.63) is 52.3 Å². The van der Waals surface area contributed by atoms with E-state index in [0.717, 1.165) is 5.56 Å². The van der Waals surface area contributed by atoms with Gasteiger partial charge in [-0.2, -0.15) is 5.21 Å². The lowest BCUT2D eigenvalue weighted by atomic mass is 10.0. The summed E-state index contributed by atoms with van der Waals surface area (Å²) < 4.78 is 5.57. The fourth-order valence-electron chi connectivity index (χ4n) is 2.91. The third-order valence-corrected chi connectivity index (χ3v) is 4.59. The number of aromatic nitrogens is 4. The molecule has 2 heterocycles. The zero-order valence-corrected chi connectivity index (χ0v) is 14.2. The molecule has 0 aliphatic heterocycles. The maximum Gasteiger partial charge on any atom is 0.255 e. The smallest absolute Gasteiger partial charge is 0.255 e. The van der Waals surface area contributed by atoms with Crippen LogP contribution in [-0.2, 0) is 6.54 Å². The Bertz CT molecular complexity index is 910. The number of carbonyl (C=O) groups is 1. The first kappa shape index (κ1) is 15.6. The molecule has 0 radical (unpaired) electrons. The molecule has 1 aliphatic carbocycles. The van der Waals surface area contributed by atoms with Gasteiger partial charge in [0.15, 0.2) is 5.76 Å². The van der Waals surface area contributed by atoms with E-state index in [1.165, 1.54) is 24.0 Å². The molecule has 4 rings (SSSR count). The molecule has 1 aromatic carbocycles. The molecule has 7 nitrogen and oxygen atoms in total. The number of tetrazole rings is 1. The highest BCUT2D eigenvalue weighted by Crippen LogP contribution is 2.40. The minimum atomic E-state index is -0.174. The number of carbonyl (C=O) groups excluding carboxylic acids is 1. The van der Waals surface area contributed by atoms with Crippen molar-refractivity contribution in [1.29, 1.82) is 0 Å². The number of furan rings is 1. The highest BCUT2D eigenvalue weighted by atomic mass is 16.3. The van der Waals surface area contributed by atoms with Crippen molar-refractivity contribution in [3.8, 4) is 11.6 Å². The normalized spacial score (nSPS) is 13.8. The van der Waals surface area contributed by atoms with Crippen LogP contribution >= 0.6 is 0 Å². The highest BCUT2D eigenvalue weighted by molar-refractivity contribution is 5.96. The fraction of sp³-hybridized carbons (Fsp3) is 0.333. The molecule has 2 aromatic heterocycles. The van der Waals surface area contributed by atoms with E-state index in [-0.39, 0.29) is 5.91 Å². The van der Waals surface area contributed by atoms with Crippen LogP contribution in [0.2, 0.25) is 0 Å². The summed E-state index contributed by atoms with van der Waals surface area (Å²) in [6.07, 6.45) is 2.53. The van der Waals surface area contributed by atoms with E-state index < -0.39 is 0 Å².